The molecule has 0 saturated carbocycles. The summed E-state index contributed by atoms with van der Waals surface area (Å²) in [7, 11) is 1.59. The molecule has 0 bridgehead atoms. The maximum absolute atomic E-state index is 12.1. The number of methoxy groups -OCH3 is 1. The highest BCUT2D eigenvalue weighted by Crippen LogP contribution is 2.19. The van der Waals surface area contributed by atoms with Gasteiger partial charge < -0.3 is 19.7 Å². The molecule has 2 rings (SSSR count). The maximum atomic E-state index is 12.1. The van der Waals surface area contributed by atoms with Crippen molar-refractivity contribution < 1.29 is 19.1 Å². The van der Waals surface area contributed by atoms with Crippen molar-refractivity contribution in [1.82, 2.24) is 10.2 Å². The van der Waals surface area contributed by atoms with Crippen LogP contribution in [0.15, 0.2) is 24.3 Å². The molecule has 1 fully saturated rings. The van der Waals surface area contributed by atoms with Crippen LogP contribution >= 0.6 is 0 Å². The normalized spacial score (nSPS) is 17.5. The third-order valence-electron chi connectivity index (χ3n) is 3.84. The van der Waals surface area contributed by atoms with Crippen LogP contribution < -0.4 is 10.1 Å². The predicted molar refractivity (Wildman–Crippen MR) is 91.2 cm³/mol. The summed E-state index contributed by atoms with van der Waals surface area (Å²) < 4.78 is 10.5. The lowest BCUT2D eigenvalue weighted by Crippen LogP contribution is -2.36. The standard InChI is InChI=1S/C18H26N2O4/c1-18(2,3)24-17(22)20-10-9-13(12-20)11-19-16(21)14-5-7-15(23-4)8-6-14/h5-8,13H,9-12H2,1-4H3,(H,19,21). The van der Waals surface area contributed by atoms with E-state index in [1.165, 1.54) is 0 Å². The van der Waals surface area contributed by atoms with Crippen molar-refractivity contribution in [3.8, 4) is 5.75 Å². The quantitative estimate of drug-likeness (QED) is 0.919. The molecule has 2 amide bonds. The van der Waals surface area contributed by atoms with Crippen LogP contribution in [-0.2, 0) is 4.74 Å². The highest BCUT2D eigenvalue weighted by Gasteiger charge is 2.29. The fourth-order valence-corrected chi connectivity index (χ4v) is 2.57. The smallest absolute Gasteiger partial charge is 0.410 e. The van der Waals surface area contributed by atoms with Gasteiger partial charge in [0.1, 0.15) is 11.4 Å². The number of carbonyl (C=O) groups is 2. The number of nitrogens with zero attached hydrogens (tertiary/aromatic N) is 1. The zero-order chi connectivity index (χ0) is 17.7. The highest BCUT2D eigenvalue weighted by molar-refractivity contribution is 5.94. The summed E-state index contributed by atoms with van der Waals surface area (Å²) in [6.45, 7) is 7.38. The molecule has 0 spiro atoms. The van der Waals surface area contributed by atoms with Gasteiger partial charge in [0.15, 0.2) is 0 Å². The summed E-state index contributed by atoms with van der Waals surface area (Å²) in [6, 6.07) is 6.98. The molecule has 1 saturated heterocycles. The number of nitrogens with one attached hydrogen (secondary N) is 1. The topological polar surface area (TPSA) is 67.9 Å². The van der Waals surface area contributed by atoms with Crippen LogP contribution in [0.4, 0.5) is 4.79 Å². The summed E-state index contributed by atoms with van der Waals surface area (Å²) in [4.78, 5) is 25.9. The van der Waals surface area contributed by atoms with Crippen molar-refractivity contribution in [2.24, 2.45) is 5.92 Å². The van der Waals surface area contributed by atoms with Gasteiger partial charge >= 0.3 is 6.09 Å². The molecule has 1 aromatic carbocycles. The first-order chi connectivity index (χ1) is 11.3. The van der Waals surface area contributed by atoms with E-state index in [0.717, 1.165) is 12.2 Å². The molecule has 1 unspecified atom stereocenters. The Morgan fingerprint density at radius 3 is 2.50 bits per heavy atom. The molecule has 1 heterocycles. The van der Waals surface area contributed by atoms with Crippen LogP contribution in [0.2, 0.25) is 0 Å². The Morgan fingerprint density at radius 2 is 1.92 bits per heavy atom. The van der Waals surface area contributed by atoms with E-state index in [0.29, 0.717) is 25.2 Å². The van der Waals surface area contributed by atoms with E-state index in [1.807, 2.05) is 20.8 Å². The summed E-state index contributed by atoms with van der Waals surface area (Å²) >= 11 is 0. The van der Waals surface area contributed by atoms with E-state index in [-0.39, 0.29) is 17.9 Å². The minimum absolute atomic E-state index is 0.117. The Bertz CT molecular complexity index is 578. The SMILES string of the molecule is COc1ccc(C(=O)NCC2CCN(C(=O)OC(C)(C)C)C2)cc1. The maximum Gasteiger partial charge on any atom is 0.410 e. The van der Waals surface area contributed by atoms with Gasteiger partial charge in [-0.2, -0.15) is 0 Å². The first-order valence-electron chi connectivity index (χ1n) is 8.18. The Labute approximate surface area is 143 Å². The number of rotatable bonds is 4. The summed E-state index contributed by atoms with van der Waals surface area (Å²) in [5.41, 5.74) is 0.107. The molecule has 1 atom stereocenters. The van der Waals surface area contributed by atoms with Crippen LogP contribution in [0, 0.1) is 5.92 Å². The Balaban J connectivity index is 1.78. The monoisotopic (exact) mass is 334 g/mol. The minimum Gasteiger partial charge on any atom is -0.497 e. The predicted octanol–water partition coefficient (Wildman–Crippen LogP) is 2.68. The summed E-state index contributed by atoms with van der Waals surface area (Å²) in [5, 5.41) is 2.93. The van der Waals surface area contributed by atoms with Crippen LogP contribution in [0.5, 0.6) is 5.75 Å². The largest absolute Gasteiger partial charge is 0.497 e. The third-order valence-corrected chi connectivity index (χ3v) is 3.84. The molecule has 0 aliphatic carbocycles. The van der Waals surface area contributed by atoms with E-state index in [1.54, 1.807) is 36.3 Å². The van der Waals surface area contributed by atoms with E-state index in [4.69, 9.17) is 9.47 Å². The van der Waals surface area contributed by atoms with Gasteiger partial charge in [-0.05, 0) is 57.4 Å². The fourth-order valence-electron chi connectivity index (χ4n) is 2.57. The molecule has 1 aliphatic rings. The zero-order valence-corrected chi connectivity index (χ0v) is 14.8. The molecular weight excluding hydrogens is 308 g/mol. The molecule has 0 aromatic heterocycles. The van der Waals surface area contributed by atoms with E-state index >= 15 is 0 Å². The molecule has 132 valence electrons. The number of amides is 2. The second-order valence-corrected chi connectivity index (χ2v) is 7.02. The first-order valence-corrected chi connectivity index (χ1v) is 8.18. The van der Waals surface area contributed by atoms with Crippen molar-refractivity contribution >= 4 is 12.0 Å². The molecule has 6 nitrogen and oxygen atoms in total. The van der Waals surface area contributed by atoms with Gasteiger partial charge in [0, 0.05) is 25.2 Å². The van der Waals surface area contributed by atoms with E-state index in [9.17, 15) is 9.59 Å². The molecular formula is C18H26N2O4. The molecule has 6 heteroatoms. The lowest BCUT2D eigenvalue weighted by Gasteiger charge is -2.24. The van der Waals surface area contributed by atoms with Gasteiger partial charge in [-0.1, -0.05) is 0 Å². The van der Waals surface area contributed by atoms with Gasteiger partial charge in [0.2, 0.25) is 0 Å². The lowest BCUT2D eigenvalue weighted by atomic mass is 10.1. The van der Waals surface area contributed by atoms with Crippen LogP contribution in [-0.4, -0.2) is 49.2 Å². The summed E-state index contributed by atoms with van der Waals surface area (Å²) in [5.74, 6) is 0.850. The third kappa shape index (κ3) is 5.15. The van der Waals surface area contributed by atoms with Crippen LogP contribution in [0.25, 0.3) is 0 Å². The molecule has 0 radical (unpaired) electrons. The number of benzene rings is 1. The number of carbonyl (C=O) groups excluding carboxylic acids is 2. The van der Waals surface area contributed by atoms with Gasteiger partial charge in [-0.3, -0.25) is 4.79 Å². The number of ether oxygens (including phenoxy) is 2. The van der Waals surface area contributed by atoms with Crippen molar-refractivity contribution in [3.63, 3.8) is 0 Å². The lowest BCUT2D eigenvalue weighted by molar-refractivity contribution is 0.0288. The van der Waals surface area contributed by atoms with Crippen LogP contribution in [0.1, 0.15) is 37.6 Å². The molecule has 1 N–H and O–H groups in total. The average Bonchev–Trinajstić information content (AvgIpc) is 3.00. The van der Waals surface area contributed by atoms with Crippen molar-refractivity contribution in [2.75, 3.05) is 26.7 Å². The minimum atomic E-state index is -0.488. The Kier molecular flexibility index (Phi) is 5.70. The van der Waals surface area contributed by atoms with Gasteiger partial charge in [-0.25, -0.2) is 4.79 Å². The molecule has 1 aromatic rings. The second kappa shape index (κ2) is 7.55. The zero-order valence-electron chi connectivity index (χ0n) is 14.8. The number of likely N-dealkylation sites (tertiary alicyclic amines) is 1. The average molecular weight is 334 g/mol. The Hall–Kier alpha value is -2.24. The van der Waals surface area contributed by atoms with E-state index in [2.05, 4.69) is 5.32 Å². The van der Waals surface area contributed by atoms with Crippen LogP contribution in [0.3, 0.4) is 0 Å². The Morgan fingerprint density at radius 1 is 1.25 bits per heavy atom. The van der Waals surface area contributed by atoms with Gasteiger partial charge in [-0.15, -0.1) is 0 Å². The first kappa shape index (κ1) is 18.1. The summed E-state index contributed by atoms with van der Waals surface area (Å²) in [6.07, 6.45) is 0.578. The van der Waals surface area contributed by atoms with Gasteiger partial charge in [0.25, 0.3) is 5.91 Å². The van der Waals surface area contributed by atoms with Crippen molar-refractivity contribution in [2.45, 2.75) is 32.8 Å². The van der Waals surface area contributed by atoms with Crippen molar-refractivity contribution in [3.05, 3.63) is 29.8 Å². The molecule has 1 aliphatic heterocycles. The molecule has 24 heavy (non-hydrogen) atoms. The fraction of sp³-hybridized carbons (Fsp3) is 0.556. The number of hydrogen-bond donors (Lipinski definition) is 1. The number of hydrogen-bond acceptors (Lipinski definition) is 4. The second-order valence-electron chi connectivity index (χ2n) is 7.02. The van der Waals surface area contributed by atoms with Gasteiger partial charge in [0.05, 0.1) is 7.11 Å². The van der Waals surface area contributed by atoms with E-state index < -0.39 is 5.60 Å². The highest BCUT2D eigenvalue weighted by atomic mass is 16.6. The van der Waals surface area contributed by atoms with Crippen molar-refractivity contribution in [1.29, 1.82) is 0 Å².